The van der Waals surface area contributed by atoms with Crippen molar-refractivity contribution in [2.75, 3.05) is 4.72 Å². The molecule has 0 bridgehead atoms. The van der Waals surface area contributed by atoms with Crippen molar-refractivity contribution in [3.63, 3.8) is 0 Å². The monoisotopic (exact) mass is 413 g/mol. The van der Waals surface area contributed by atoms with E-state index in [9.17, 15) is 8.42 Å². The number of aromatic nitrogens is 2. The predicted octanol–water partition coefficient (Wildman–Crippen LogP) is 3.08. The highest BCUT2D eigenvalue weighted by Gasteiger charge is 2.25. The van der Waals surface area contributed by atoms with Gasteiger partial charge in [-0.25, -0.2) is 8.42 Å². The van der Waals surface area contributed by atoms with Crippen molar-refractivity contribution in [3.05, 3.63) is 38.0 Å². The fourth-order valence-electron chi connectivity index (χ4n) is 1.73. The largest absolute Gasteiger partial charge is 0.390 e. The molecule has 0 saturated carbocycles. The third kappa shape index (κ3) is 3.19. The highest BCUT2D eigenvalue weighted by molar-refractivity contribution is 9.10. The molecule has 6 nitrogen and oxygen atoms in total. The molecule has 1 heterocycles. The van der Waals surface area contributed by atoms with Gasteiger partial charge in [-0.15, -0.1) is 0 Å². The maximum Gasteiger partial charge on any atom is 0.265 e. The Hall–Kier alpha value is -0.800. The normalized spacial score (nSPS) is 11.7. The standard InChI is InChI=1S/C11H10BrCl2N3O3S/c1-5-11(8(4-18)16-15-5)21(19,20)17-7-3-2-6(12)9(13)10(7)14/h2-3,17-18H,4H2,1H3,(H,15,16). The first-order valence-corrected chi connectivity index (χ1v) is 8.62. The number of aromatic amines is 1. The highest BCUT2D eigenvalue weighted by atomic mass is 79.9. The zero-order chi connectivity index (χ0) is 15.8. The lowest BCUT2D eigenvalue weighted by molar-refractivity contribution is 0.273. The molecule has 0 spiro atoms. The van der Waals surface area contributed by atoms with E-state index >= 15 is 0 Å². The molecule has 1 aromatic carbocycles. The van der Waals surface area contributed by atoms with E-state index in [1.165, 1.54) is 13.0 Å². The van der Waals surface area contributed by atoms with E-state index < -0.39 is 16.6 Å². The minimum Gasteiger partial charge on any atom is -0.390 e. The number of hydrogen-bond acceptors (Lipinski definition) is 4. The molecule has 0 unspecified atom stereocenters. The van der Waals surface area contributed by atoms with Crippen LogP contribution in [0.5, 0.6) is 0 Å². The minimum atomic E-state index is -3.96. The highest BCUT2D eigenvalue weighted by Crippen LogP contribution is 2.37. The van der Waals surface area contributed by atoms with E-state index in [1.54, 1.807) is 6.07 Å². The predicted molar refractivity (Wildman–Crippen MR) is 84.2 cm³/mol. The van der Waals surface area contributed by atoms with Crippen LogP contribution in [0, 0.1) is 6.92 Å². The molecule has 0 atom stereocenters. The summed E-state index contributed by atoms with van der Waals surface area (Å²) in [4.78, 5) is -0.111. The van der Waals surface area contributed by atoms with Crippen molar-refractivity contribution in [1.82, 2.24) is 10.2 Å². The summed E-state index contributed by atoms with van der Waals surface area (Å²) in [6, 6.07) is 3.05. The molecular formula is C11H10BrCl2N3O3S. The average molecular weight is 415 g/mol. The second kappa shape index (κ2) is 6.13. The minimum absolute atomic E-state index is 0.0272. The SMILES string of the molecule is Cc1[nH]nc(CO)c1S(=O)(=O)Nc1ccc(Br)c(Cl)c1Cl. The van der Waals surface area contributed by atoms with Crippen LogP contribution in [0.15, 0.2) is 21.5 Å². The van der Waals surface area contributed by atoms with Gasteiger partial charge in [0, 0.05) is 4.47 Å². The van der Waals surface area contributed by atoms with E-state index in [-0.39, 0.29) is 26.3 Å². The molecule has 0 amide bonds. The van der Waals surface area contributed by atoms with E-state index in [1.807, 2.05) is 0 Å². The first-order chi connectivity index (χ1) is 9.77. The van der Waals surface area contributed by atoms with Gasteiger partial charge < -0.3 is 5.11 Å². The maximum atomic E-state index is 12.4. The van der Waals surface area contributed by atoms with Gasteiger partial charge in [-0.2, -0.15) is 5.10 Å². The Morgan fingerprint density at radius 3 is 2.67 bits per heavy atom. The van der Waals surface area contributed by atoms with Crippen molar-refractivity contribution in [2.45, 2.75) is 18.4 Å². The molecule has 3 N–H and O–H groups in total. The third-order valence-electron chi connectivity index (χ3n) is 2.66. The van der Waals surface area contributed by atoms with Crippen LogP contribution in [0.2, 0.25) is 10.0 Å². The van der Waals surface area contributed by atoms with E-state index in [0.717, 1.165) is 0 Å². The Bertz CT molecular complexity index is 792. The van der Waals surface area contributed by atoms with Crippen molar-refractivity contribution in [3.8, 4) is 0 Å². The molecule has 2 aromatic rings. The number of aryl methyl sites for hydroxylation is 1. The molecule has 0 aliphatic rings. The summed E-state index contributed by atoms with van der Waals surface area (Å²) in [5.41, 5.74) is 0.472. The van der Waals surface area contributed by atoms with Crippen LogP contribution in [0.25, 0.3) is 0 Å². The summed E-state index contributed by atoms with van der Waals surface area (Å²) >= 11 is 15.2. The van der Waals surface area contributed by atoms with Crippen LogP contribution >= 0.6 is 39.1 Å². The van der Waals surface area contributed by atoms with Gasteiger partial charge >= 0.3 is 0 Å². The Morgan fingerprint density at radius 1 is 1.38 bits per heavy atom. The number of H-pyrrole nitrogens is 1. The molecule has 21 heavy (non-hydrogen) atoms. The number of hydrogen-bond donors (Lipinski definition) is 3. The molecule has 10 heteroatoms. The molecule has 0 saturated heterocycles. The summed E-state index contributed by atoms with van der Waals surface area (Å²) in [5.74, 6) is 0. The summed E-state index contributed by atoms with van der Waals surface area (Å²) < 4.78 is 27.7. The van der Waals surface area contributed by atoms with Crippen LogP contribution in [0.4, 0.5) is 5.69 Å². The van der Waals surface area contributed by atoms with Crippen LogP contribution in [-0.4, -0.2) is 23.7 Å². The zero-order valence-electron chi connectivity index (χ0n) is 10.6. The lowest BCUT2D eigenvalue weighted by atomic mass is 10.3. The number of aliphatic hydroxyl groups excluding tert-OH is 1. The van der Waals surface area contributed by atoms with E-state index in [2.05, 4.69) is 30.8 Å². The van der Waals surface area contributed by atoms with Gasteiger partial charge in [0.15, 0.2) is 0 Å². The van der Waals surface area contributed by atoms with Crippen molar-refractivity contribution >= 4 is 54.8 Å². The number of nitrogens with one attached hydrogen (secondary N) is 2. The molecule has 0 fully saturated rings. The summed E-state index contributed by atoms with van der Waals surface area (Å²) in [5, 5.41) is 15.7. The Balaban J connectivity index is 2.48. The smallest absolute Gasteiger partial charge is 0.265 e. The molecule has 0 radical (unpaired) electrons. The Kier molecular flexibility index (Phi) is 4.84. The lowest BCUT2D eigenvalue weighted by Gasteiger charge is -2.11. The molecule has 2 rings (SSSR count). The Labute approximate surface area is 139 Å². The number of anilines is 1. The van der Waals surface area contributed by atoms with Gasteiger partial charge in [0.05, 0.1) is 28.0 Å². The van der Waals surface area contributed by atoms with Crippen LogP contribution in [0.3, 0.4) is 0 Å². The third-order valence-corrected chi connectivity index (χ3v) is 6.00. The molecular weight excluding hydrogens is 405 g/mol. The van der Waals surface area contributed by atoms with Crippen molar-refractivity contribution in [1.29, 1.82) is 0 Å². The number of rotatable bonds is 4. The number of aliphatic hydroxyl groups is 1. The van der Waals surface area contributed by atoms with Crippen LogP contribution < -0.4 is 4.72 Å². The fraction of sp³-hybridized carbons (Fsp3) is 0.182. The maximum absolute atomic E-state index is 12.4. The molecule has 0 aliphatic carbocycles. The zero-order valence-corrected chi connectivity index (χ0v) is 14.5. The van der Waals surface area contributed by atoms with Gasteiger partial charge in [0.25, 0.3) is 10.0 Å². The van der Waals surface area contributed by atoms with Crippen molar-refractivity contribution in [2.24, 2.45) is 0 Å². The Morgan fingerprint density at radius 2 is 2.05 bits per heavy atom. The summed E-state index contributed by atoms with van der Waals surface area (Å²) in [6.07, 6.45) is 0. The van der Waals surface area contributed by atoms with Gasteiger partial charge in [0.1, 0.15) is 10.6 Å². The topological polar surface area (TPSA) is 95.1 Å². The van der Waals surface area contributed by atoms with Gasteiger partial charge in [-0.3, -0.25) is 9.82 Å². The first-order valence-electron chi connectivity index (χ1n) is 5.59. The molecule has 0 aliphatic heterocycles. The summed E-state index contributed by atoms with van der Waals surface area (Å²) in [7, 11) is -3.96. The second-order valence-electron chi connectivity index (χ2n) is 4.11. The van der Waals surface area contributed by atoms with Gasteiger partial charge in [-0.05, 0) is 35.0 Å². The molecule has 1 aromatic heterocycles. The van der Waals surface area contributed by atoms with Gasteiger partial charge in [-0.1, -0.05) is 23.2 Å². The van der Waals surface area contributed by atoms with Crippen molar-refractivity contribution < 1.29 is 13.5 Å². The first kappa shape index (κ1) is 16.6. The quantitative estimate of drug-likeness (QED) is 0.670. The number of sulfonamides is 1. The number of nitrogens with zero attached hydrogens (tertiary/aromatic N) is 1. The fourth-order valence-corrected chi connectivity index (χ4v) is 4.04. The second-order valence-corrected chi connectivity index (χ2v) is 7.34. The van der Waals surface area contributed by atoms with E-state index in [0.29, 0.717) is 10.2 Å². The number of halogens is 3. The van der Waals surface area contributed by atoms with Crippen LogP contribution in [0.1, 0.15) is 11.4 Å². The van der Waals surface area contributed by atoms with Gasteiger partial charge in [0.2, 0.25) is 0 Å². The summed E-state index contributed by atoms with van der Waals surface area (Å²) in [6.45, 7) is 1.03. The van der Waals surface area contributed by atoms with E-state index in [4.69, 9.17) is 28.3 Å². The molecule has 114 valence electrons. The van der Waals surface area contributed by atoms with Crippen LogP contribution in [-0.2, 0) is 16.6 Å². The number of benzene rings is 1. The average Bonchev–Trinajstić information content (AvgIpc) is 2.81. The lowest BCUT2D eigenvalue weighted by Crippen LogP contribution is -2.15.